The van der Waals surface area contributed by atoms with Gasteiger partial charge in [0.25, 0.3) is 5.91 Å². The lowest BCUT2D eigenvalue weighted by atomic mass is 9.99. The molecule has 150 valence electrons. The summed E-state index contributed by atoms with van der Waals surface area (Å²) in [6.45, 7) is 8.50. The molecule has 0 aromatic heterocycles. The van der Waals surface area contributed by atoms with Gasteiger partial charge in [0.05, 0.1) is 0 Å². The summed E-state index contributed by atoms with van der Waals surface area (Å²) in [7, 11) is 0. The molecule has 8 heteroatoms. The number of nitrogens with one attached hydrogen (secondary N) is 2. The van der Waals surface area contributed by atoms with Crippen molar-refractivity contribution in [3.8, 4) is 5.75 Å². The third kappa shape index (κ3) is 8.44. The fraction of sp³-hybridized carbons (Fsp3) is 0.526. The number of amides is 3. The van der Waals surface area contributed by atoms with E-state index in [-0.39, 0.29) is 18.9 Å². The van der Waals surface area contributed by atoms with Crippen molar-refractivity contribution in [2.24, 2.45) is 0 Å². The first kappa shape index (κ1) is 22.3. The zero-order valence-electron chi connectivity index (χ0n) is 16.4. The first-order valence-electron chi connectivity index (χ1n) is 8.98. The highest BCUT2D eigenvalue weighted by molar-refractivity contribution is 5.90. The zero-order valence-corrected chi connectivity index (χ0v) is 16.4. The molecule has 1 aromatic carbocycles. The third-order valence-corrected chi connectivity index (χ3v) is 3.99. The van der Waals surface area contributed by atoms with E-state index >= 15 is 0 Å². The Morgan fingerprint density at radius 3 is 2.44 bits per heavy atom. The number of carboxylic acid groups (broad SMARTS) is 1. The smallest absolute Gasteiger partial charge is 0.319 e. The molecule has 27 heavy (non-hydrogen) atoms. The first-order valence-corrected chi connectivity index (χ1v) is 8.98. The highest BCUT2D eigenvalue weighted by Gasteiger charge is 2.21. The Hall–Kier alpha value is -2.77. The standard InChI is InChI=1S/C19H29N3O5/c1-5-22(6-2)16(23)13-27-15-9-7-8-14(12-15)20-18(26)21-19(3,4)11-10-17(24)25/h7-9,12H,5-6,10-11,13H2,1-4H3,(H,24,25)(H2,20,21,26). The molecule has 0 atom stereocenters. The van der Waals surface area contributed by atoms with Gasteiger partial charge in [-0.15, -0.1) is 0 Å². The van der Waals surface area contributed by atoms with Crippen LogP contribution >= 0.6 is 0 Å². The van der Waals surface area contributed by atoms with Gasteiger partial charge in [-0.05, 0) is 46.2 Å². The first-order chi connectivity index (χ1) is 12.7. The minimum absolute atomic E-state index is 0.0306. The summed E-state index contributed by atoms with van der Waals surface area (Å²) in [6.07, 6.45) is 0.281. The Balaban J connectivity index is 2.59. The van der Waals surface area contributed by atoms with Crippen molar-refractivity contribution in [3.05, 3.63) is 24.3 Å². The van der Waals surface area contributed by atoms with Gasteiger partial charge in [0.2, 0.25) is 0 Å². The van der Waals surface area contributed by atoms with E-state index in [1.165, 1.54) is 0 Å². The number of rotatable bonds is 10. The number of hydrogen-bond donors (Lipinski definition) is 3. The molecule has 1 rings (SSSR count). The van der Waals surface area contributed by atoms with Gasteiger partial charge >= 0.3 is 12.0 Å². The van der Waals surface area contributed by atoms with Crippen molar-refractivity contribution in [2.75, 3.05) is 25.0 Å². The normalized spacial score (nSPS) is 10.8. The Kier molecular flexibility index (Phi) is 8.58. The quantitative estimate of drug-likeness (QED) is 0.579. The van der Waals surface area contributed by atoms with Crippen molar-refractivity contribution in [1.82, 2.24) is 10.2 Å². The van der Waals surface area contributed by atoms with E-state index in [1.54, 1.807) is 43.0 Å². The molecule has 8 nitrogen and oxygen atoms in total. The van der Waals surface area contributed by atoms with E-state index < -0.39 is 17.5 Å². The van der Waals surface area contributed by atoms with Crippen LogP contribution in [0, 0.1) is 0 Å². The molecular formula is C19H29N3O5. The number of hydrogen-bond acceptors (Lipinski definition) is 4. The van der Waals surface area contributed by atoms with Crippen LogP contribution in [0.4, 0.5) is 10.5 Å². The molecule has 0 bridgehead atoms. The van der Waals surface area contributed by atoms with E-state index in [0.717, 1.165) is 0 Å². The highest BCUT2D eigenvalue weighted by atomic mass is 16.5. The monoisotopic (exact) mass is 379 g/mol. The average molecular weight is 379 g/mol. The van der Waals surface area contributed by atoms with Gasteiger partial charge in [-0.2, -0.15) is 0 Å². The summed E-state index contributed by atoms with van der Waals surface area (Å²) >= 11 is 0. The van der Waals surface area contributed by atoms with Gasteiger partial charge in [0.1, 0.15) is 5.75 Å². The number of urea groups is 1. The Morgan fingerprint density at radius 2 is 1.85 bits per heavy atom. The summed E-state index contributed by atoms with van der Waals surface area (Å²) in [5.41, 5.74) is -0.151. The third-order valence-electron chi connectivity index (χ3n) is 3.99. The molecular weight excluding hydrogens is 350 g/mol. The van der Waals surface area contributed by atoms with Crippen molar-refractivity contribution < 1.29 is 24.2 Å². The minimum atomic E-state index is -0.908. The van der Waals surface area contributed by atoms with Crippen LogP contribution < -0.4 is 15.4 Å². The summed E-state index contributed by atoms with van der Waals surface area (Å²) in [6, 6.07) is 6.29. The van der Waals surface area contributed by atoms with Crippen molar-refractivity contribution in [1.29, 1.82) is 0 Å². The maximum absolute atomic E-state index is 12.1. The lowest BCUT2D eigenvalue weighted by Gasteiger charge is -2.25. The Labute approximate surface area is 159 Å². The number of aliphatic carboxylic acids is 1. The van der Waals surface area contributed by atoms with E-state index in [0.29, 0.717) is 30.9 Å². The van der Waals surface area contributed by atoms with Gasteiger partial charge < -0.3 is 25.4 Å². The molecule has 0 saturated heterocycles. The fourth-order valence-electron chi connectivity index (χ4n) is 2.43. The topological polar surface area (TPSA) is 108 Å². The number of carbonyl (C=O) groups excluding carboxylic acids is 2. The van der Waals surface area contributed by atoms with Crippen molar-refractivity contribution >= 4 is 23.6 Å². The molecule has 0 heterocycles. The molecule has 0 saturated carbocycles. The number of nitrogens with zero attached hydrogens (tertiary/aromatic N) is 1. The molecule has 0 unspecified atom stereocenters. The van der Waals surface area contributed by atoms with Gasteiger partial charge in [-0.25, -0.2) is 4.79 Å². The lowest BCUT2D eigenvalue weighted by Crippen LogP contribution is -2.45. The largest absolute Gasteiger partial charge is 0.484 e. The second kappa shape index (κ2) is 10.4. The number of likely N-dealkylation sites (N-methyl/N-ethyl adjacent to an activating group) is 1. The van der Waals surface area contributed by atoms with Crippen LogP contribution in [0.2, 0.25) is 0 Å². The van der Waals surface area contributed by atoms with E-state index in [4.69, 9.17) is 9.84 Å². The molecule has 3 N–H and O–H groups in total. The van der Waals surface area contributed by atoms with Crippen LogP contribution in [0.5, 0.6) is 5.75 Å². The predicted molar refractivity (Wildman–Crippen MR) is 103 cm³/mol. The van der Waals surface area contributed by atoms with Crippen molar-refractivity contribution in [3.63, 3.8) is 0 Å². The highest BCUT2D eigenvalue weighted by Crippen LogP contribution is 2.18. The molecule has 0 aliphatic carbocycles. The van der Waals surface area contributed by atoms with Gasteiger partial charge in [-0.1, -0.05) is 6.07 Å². The Morgan fingerprint density at radius 1 is 1.19 bits per heavy atom. The lowest BCUT2D eigenvalue weighted by molar-refractivity contribution is -0.137. The number of benzene rings is 1. The fourth-order valence-corrected chi connectivity index (χ4v) is 2.43. The van der Waals surface area contributed by atoms with Crippen LogP contribution in [-0.2, 0) is 9.59 Å². The molecule has 0 fully saturated rings. The zero-order chi connectivity index (χ0) is 20.4. The maximum atomic E-state index is 12.1. The SMILES string of the molecule is CCN(CC)C(=O)COc1cccc(NC(=O)NC(C)(C)CCC(=O)O)c1. The summed E-state index contributed by atoms with van der Waals surface area (Å²) < 4.78 is 5.51. The minimum Gasteiger partial charge on any atom is -0.484 e. The van der Waals surface area contributed by atoms with Crippen molar-refractivity contribution in [2.45, 2.75) is 46.1 Å². The molecule has 0 spiro atoms. The van der Waals surface area contributed by atoms with Crippen LogP contribution in [0.3, 0.4) is 0 Å². The predicted octanol–water partition coefficient (Wildman–Crippen LogP) is 2.70. The maximum Gasteiger partial charge on any atom is 0.319 e. The molecule has 1 aromatic rings. The molecule has 0 aliphatic heterocycles. The van der Waals surface area contributed by atoms with Crippen LogP contribution in [0.25, 0.3) is 0 Å². The van der Waals surface area contributed by atoms with E-state index in [1.807, 2.05) is 13.8 Å². The second-order valence-electron chi connectivity index (χ2n) is 6.74. The van der Waals surface area contributed by atoms with Gasteiger partial charge in [0.15, 0.2) is 6.61 Å². The summed E-state index contributed by atoms with van der Waals surface area (Å²) in [4.78, 5) is 36.5. The van der Waals surface area contributed by atoms with Gasteiger partial charge in [-0.3, -0.25) is 9.59 Å². The summed E-state index contributed by atoms with van der Waals surface area (Å²) in [5, 5.41) is 14.2. The van der Waals surface area contributed by atoms with Crippen LogP contribution in [-0.4, -0.2) is 53.1 Å². The number of anilines is 1. The molecule has 0 radical (unpaired) electrons. The average Bonchev–Trinajstić information content (AvgIpc) is 2.59. The van der Waals surface area contributed by atoms with Crippen LogP contribution in [0.1, 0.15) is 40.5 Å². The summed E-state index contributed by atoms with van der Waals surface area (Å²) in [5.74, 6) is -0.538. The van der Waals surface area contributed by atoms with E-state index in [2.05, 4.69) is 10.6 Å². The number of carbonyl (C=O) groups is 3. The Bertz CT molecular complexity index is 657. The molecule has 0 aliphatic rings. The second-order valence-corrected chi connectivity index (χ2v) is 6.74. The van der Waals surface area contributed by atoms with Gasteiger partial charge in [0, 0.05) is 36.8 Å². The number of ether oxygens (including phenoxy) is 1. The number of carboxylic acids is 1. The van der Waals surface area contributed by atoms with Crippen LogP contribution in [0.15, 0.2) is 24.3 Å². The molecule has 3 amide bonds. The van der Waals surface area contributed by atoms with E-state index in [9.17, 15) is 14.4 Å².